The predicted molar refractivity (Wildman–Crippen MR) is 99.5 cm³/mol. The summed E-state index contributed by atoms with van der Waals surface area (Å²) in [5, 5.41) is 33.3. The molecule has 5 nitrogen and oxygen atoms in total. The number of phenols is 1. The third-order valence-corrected chi connectivity index (χ3v) is 6.51. The van der Waals surface area contributed by atoms with Gasteiger partial charge in [-0.1, -0.05) is 31.6 Å². The van der Waals surface area contributed by atoms with E-state index in [0.717, 1.165) is 17.5 Å². The van der Waals surface area contributed by atoms with Crippen LogP contribution in [-0.2, 0) is 11.8 Å². The summed E-state index contributed by atoms with van der Waals surface area (Å²) in [6.07, 6.45) is 5.88. The van der Waals surface area contributed by atoms with E-state index in [4.69, 9.17) is 4.74 Å². The molecular weight excluding hydrogens is 330 g/mol. The summed E-state index contributed by atoms with van der Waals surface area (Å²) in [6.45, 7) is 6.51. The highest BCUT2D eigenvalue weighted by atomic mass is 16.5. The van der Waals surface area contributed by atoms with E-state index in [1.807, 2.05) is 13.1 Å². The number of benzene rings is 1. The van der Waals surface area contributed by atoms with Gasteiger partial charge in [0, 0.05) is 23.7 Å². The lowest BCUT2D eigenvalue weighted by atomic mass is 9.52. The van der Waals surface area contributed by atoms with Crippen LogP contribution in [-0.4, -0.2) is 57.7 Å². The van der Waals surface area contributed by atoms with Crippen molar-refractivity contribution in [3.8, 4) is 11.5 Å². The average Bonchev–Trinajstić information content (AvgIpc) is 2.95. The Morgan fingerprint density at radius 1 is 1.42 bits per heavy atom. The van der Waals surface area contributed by atoms with E-state index in [1.54, 1.807) is 24.3 Å². The maximum absolute atomic E-state index is 12.1. The number of hydrogen-bond donors (Lipinski definition) is 3. The molecule has 1 aliphatic heterocycles. The first-order valence-electron chi connectivity index (χ1n) is 9.33. The van der Waals surface area contributed by atoms with Crippen molar-refractivity contribution in [3.05, 3.63) is 48.1 Å². The zero-order valence-electron chi connectivity index (χ0n) is 15.4. The molecule has 0 aromatic heterocycles. The van der Waals surface area contributed by atoms with Gasteiger partial charge in [0.15, 0.2) is 0 Å². The molecule has 0 fully saturated rings. The van der Waals surface area contributed by atoms with Crippen molar-refractivity contribution in [3.63, 3.8) is 0 Å². The number of rotatable bonds is 5. The standard InChI is InChI=1S/C21H27NO4/c1-4-9-20-18-13-12-17(22(3)11-5-2)21(20,25)10-8-15(24)19(20)26-16(18)7-6-14(13)23/h5-8,10,15,17,19,23-25H,2,4,9,11-12H2,1,3H3/t15-,17?,19?,20-,21?/m0/s1. The Labute approximate surface area is 154 Å². The summed E-state index contributed by atoms with van der Waals surface area (Å²) in [4.78, 5) is 2.07. The Morgan fingerprint density at radius 2 is 2.19 bits per heavy atom. The van der Waals surface area contributed by atoms with Crippen LogP contribution in [0.5, 0.6) is 11.5 Å². The monoisotopic (exact) mass is 357 g/mol. The quantitative estimate of drug-likeness (QED) is 0.702. The molecule has 0 amide bonds. The maximum atomic E-state index is 12.1. The van der Waals surface area contributed by atoms with Crippen LogP contribution >= 0.6 is 0 Å². The smallest absolute Gasteiger partial charge is 0.141 e. The second kappa shape index (κ2) is 5.84. The Balaban J connectivity index is 2.02. The first kappa shape index (κ1) is 17.6. The van der Waals surface area contributed by atoms with Crippen LogP contribution in [0.1, 0.15) is 30.9 Å². The Kier molecular flexibility index (Phi) is 3.95. The van der Waals surface area contributed by atoms with Gasteiger partial charge in [-0.25, -0.2) is 0 Å². The SMILES string of the molecule is C=CCN(C)C1Cc2c(O)ccc3c2[C@@]2(CCC)C(O3)[C@@H](O)C=CC12O. The van der Waals surface area contributed by atoms with Crippen molar-refractivity contribution in [1.29, 1.82) is 0 Å². The minimum Gasteiger partial charge on any atom is -0.508 e. The summed E-state index contributed by atoms with van der Waals surface area (Å²) in [5.41, 5.74) is -0.279. The van der Waals surface area contributed by atoms with E-state index in [-0.39, 0.29) is 11.8 Å². The lowest BCUT2D eigenvalue weighted by Crippen LogP contribution is -2.71. The molecule has 0 saturated carbocycles. The normalized spacial score (nSPS) is 36.7. The van der Waals surface area contributed by atoms with E-state index < -0.39 is 23.2 Å². The van der Waals surface area contributed by atoms with Gasteiger partial charge in [-0.2, -0.15) is 0 Å². The van der Waals surface area contributed by atoms with Crippen LogP contribution < -0.4 is 4.74 Å². The van der Waals surface area contributed by atoms with Crippen LogP contribution in [0.2, 0.25) is 0 Å². The molecule has 0 saturated heterocycles. The van der Waals surface area contributed by atoms with Gasteiger partial charge in [-0.3, -0.25) is 4.90 Å². The summed E-state index contributed by atoms with van der Waals surface area (Å²) in [7, 11) is 1.96. The molecular formula is C21H27NO4. The molecule has 1 aromatic rings. The fourth-order valence-corrected chi connectivity index (χ4v) is 5.52. The number of nitrogens with zero attached hydrogens (tertiary/aromatic N) is 1. The van der Waals surface area contributed by atoms with Gasteiger partial charge in [-0.15, -0.1) is 6.58 Å². The van der Waals surface area contributed by atoms with Gasteiger partial charge in [0.05, 0.1) is 5.41 Å². The fraction of sp³-hybridized carbons (Fsp3) is 0.524. The number of hydrogen-bond acceptors (Lipinski definition) is 5. The van der Waals surface area contributed by atoms with Crippen molar-refractivity contribution in [2.24, 2.45) is 0 Å². The third-order valence-electron chi connectivity index (χ3n) is 6.51. The Hall–Kier alpha value is -1.82. The highest BCUT2D eigenvalue weighted by Gasteiger charge is 2.69. The molecule has 5 heteroatoms. The molecule has 5 atom stereocenters. The molecule has 0 radical (unpaired) electrons. The number of aliphatic hydroxyl groups excluding tert-OH is 1. The lowest BCUT2D eigenvalue weighted by molar-refractivity contribution is -0.125. The lowest BCUT2D eigenvalue weighted by Gasteiger charge is -2.57. The summed E-state index contributed by atoms with van der Waals surface area (Å²) in [6, 6.07) is 3.15. The third kappa shape index (κ3) is 1.96. The van der Waals surface area contributed by atoms with E-state index in [2.05, 4.69) is 18.4 Å². The molecule has 26 heavy (non-hydrogen) atoms. The zero-order valence-corrected chi connectivity index (χ0v) is 15.4. The van der Waals surface area contributed by atoms with Crippen LogP contribution in [0, 0.1) is 0 Å². The van der Waals surface area contributed by atoms with Crippen molar-refractivity contribution in [2.45, 2.75) is 55.5 Å². The second-order valence-electron chi connectivity index (χ2n) is 7.82. The average molecular weight is 357 g/mol. The zero-order chi connectivity index (χ0) is 18.7. The number of ether oxygens (including phenoxy) is 1. The second-order valence-corrected chi connectivity index (χ2v) is 7.82. The largest absolute Gasteiger partial charge is 0.508 e. The van der Waals surface area contributed by atoms with Crippen molar-refractivity contribution < 1.29 is 20.1 Å². The Morgan fingerprint density at radius 3 is 2.88 bits per heavy atom. The molecule has 0 spiro atoms. The van der Waals surface area contributed by atoms with E-state index in [1.165, 1.54) is 0 Å². The molecule has 3 aliphatic rings. The molecule has 1 aromatic carbocycles. The van der Waals surface area contributed by atoms with Gasteiger partial charge in [0.2, 0.25) is 0 Å². The van der Waals surface area contributed by atoms with E-state index in [0.29, 0.717) is 25.1 Å². The highest BCUT2D eigenvalue weighted by Crippen LogP contribution is 2.62. The molecule has 1 heterocycles. The van der Waals surface area contributed by atoms with Gasteiger partial charge in [-0.05, 0) is 32.0 Å². The molecule has 2 aliphatic carbocycles. The van der Waals surface area contributed by atoms with E-state index >= 15 is 0 Å². The first-order chi connectivity index (χ1) is 12.4. The minimum atomic E-state index is -1.20. The topological polar surface area (TPSA) is 73.2 Å². The van der Waals surface area contributed by atoms with E-state index in [9.17, 15) is 15.3 Å². The highest BCUT2D eigenvalue weighted by molar-refractivity contribution is 5.62. The van der Waals surface area contributed by atoms with Gasteiger partial charge < -0.3 is 20.1 Å². The first-order valence-corrected chi connectivity index (χ1v) is 9.33. The maximum Gasteiger partial charge on any atom is 0.141 e. The van der Waals surface area contributed by atoms with Gasteiger partial charge >= 0.3 is 0 Å². The van der Waals surface area contributed by atoms with Crippen molar-refractivity contribution in [2.75, 3.05) is 13.6 Å². The van der Waals surface area contributed by atoms with Crippen LogP contribution in [0.15, 0.2) is 36.9 Å². The molecule has 3 unspecified atom stereocenters. The Bertz CT molecular complexity index is 776. The molecule has 4 rings (SSSR count). The number of phenolic OH excluding ortho intramolecular Hbond substituents is 1. The number of aromatic hydroxyl groups is 1. The van der Waals surface area contributed by atoms with Gasteiger partial charge in [0.25, 0.3) is 0 Å². The summed E-state index contributed by atoms with van der Waals surface area (Å²) in [5.74, 6) is 0.897. The summed E-state index contributed by atoms with van der Waals surface area (Å²) >= 11 is 0. The van der Waals surface area contributed by atoms with Crippen molar-refractivity contribution >= 4 is 0 Å². The predicted octanol–water partition coefficient (Wildman–Crippen LogP) is 1.90. The molecule has 0 bridgehead atoms. The van der Waals surface area contributed by atoms with Crippen LogP contribution in [0.25, 0.3) is 0 Å². The minimum absolute atomic E-state index is 0.228. The molecule has 140 valence electrons. The van der Waals surface area contributed by atoms with Crippen LogP contribution in [0.4, 0.5) is 0 Å². The van der Waals surface area contributed by atoms with Crippen molar-refractivity contribution in [1.82, 2.24) is 4.90 Å². The van der Waals surface area contributed by atoms with Crippen LogP contribution in [0.3, 0.4) is 0 Å². The number of aliphatic hydroxyl groups is 2. The summed E-state index contributed by atoms with van der Waals surface area (Å²) < 4.78 is 6.17. The van der Waals surface area contributed by atoms with Gasteiger partial charge in [0.1, 0.15) is 29.3 Å². The fourth-order valence-electron chi connectivity index (χ4n) is 5.52. The number of likely N-dealkylation sites (N-methyl/N-ethyl adjacent to an activating group) is 1. The molecule has 3 N–H and O–H groups in total.